The SMILES string of the molecule is Cc1ccc(S(=O)(=O)CCC(=O)NCc2cccnc2)cc1. The average molecular weight is 318 g/mol. The number of amides is 1. The minimum atomic E-state index is -3.43. The number of rotatable bonds is 6. The van der Waals surface area contributed by atoms with Gasteiger partial charge in [0.15, 0.2) is 9.84 Å². The van der Waals surface area contributed by atoms with E-state index in [-0.39, 0.29) is 23.0 Å². The van der Waals surface area contributed by atoms with Gasteiger partial charge in [-0.05, 0) is 30.7 Å². The van der Waals surface area contributed by atoms with Crippen LogP contribution in [0.25, 0.3) is 0 Å². The smallest absolute Gasteiger partial charge is 0.221 e. The number of carbonyl (C=O) groups excluding carboxylic acids is 1. The van der Waals surface area contributed by atoms with Crippen molar-refractivity contribution in [3.05, 3.63) is 59.9 Å². The molecule has 0 bridgehead atoms. The van der Waals surface area contributed by atoms with Crippen LogP contribution in [0.5, 0.6) is 0 Å². The molecule has 0 saturated heterocycles. The Balaban J connectivity index is 1.86. The zero-order valence-corrected chi connectivity index (χ0v) is 13.1. The third kappa shape index (κ3) is 4.66. The molecule has 0 aliphatic carbocycles. The van der Waals surface area contributed by atoms with Gasteiger partial charge in [-0.2, -0.15) is 0 Å². The Labute approximate surface area is 130 Å². The lowest BCUT2D eigenvalue weighted by atomic mass is 10.2. The van der Waals surface area contributed by atoms with Crippen LogP contribution in [-0.2, 0) is 21.2 Å². The number of pyridine rings is 1. The molecule has 0 fully saturated rings. The summed E-state index contributed by atoms with van der Waals surface area (Å²) in [6.07, 6.45) is 3.25. The van der Waals surface area contributed by atoms with Crippen molar-refractivity contribution in [2.45, 2.75) is 24.8 Å². The molecule has 1 amide bonds. The van der Waals surface area contributed by atoms with E-state index in [4.69, 9.17) is 0 Å². The van der Waals surface area contributed by atoms with E-state index in [2.05, 4.69) is 10.3 Å². The lowest BCUT2D eigenvalue weighted by molar-refractivity contribution is -0.120. The largest absolute Gasteiger partial charge is 0.352 e. The van der Waals surface area contributed by atoms with E-state index in [9.17, 15) is 13.2 Å². The van der Waals surface area contributed by atoms with Gasteiger partial charge in [0.2, 0.25) is 5.91 Å². The van der Waals surface area contributed by atoms with Crippen LogP contribution in [0.4, 0.5) is 0 Å². The highest BCUT2D eigenvalue weighted by molar-refractivity contribution is 7.91. The standard InChI is InChI=1S/C16H18N2O3S/c1-13-4-6-15(7-5-13)22(20,21)10-8-16(19)18-12-14-3-2-9-17-11-14/h2-7,9,11H,8,10,12H2,1H3,(H,18,19). The van der Waals surface area contributed by atoms with Crippen LogP contribution in [0.15, 0.2) is 53.7 Å². The van der Waals surface area contributed by atoms with E-state index in [1.165, 1.54) is 0 Å². The maximum absolute atomic E-state index is 12.1. The van der Waals surface area contributed by atoms with Crippen LogP contribution in [0.3, 0.4) is 0 Å². The summed E-state index contributed by atoms with van der Waals surface area (Å²) in [4.78, 5) is 15.9. The minimum Gasteiger partial charge on any atom is -0.352 e. The van der Waals surface area contributed by atoms with Gasteiger partial charge in [0.1, 0.15) is 0 Å². The van der Waals surface area contributed by atoms with Crippen molar-refractivity contribution in [3.8, 4) is 0 Å². The van der Waals surface area contributed by atoms with Crippen molar-refractivity contribution in [2.24, 2.45) is 0 Å². The number of hydrogen-bond donors (Lipinski definition) is 1. The molecule has 2 aromatic rings. The van der Waals surface area contributed by atoms with E-state index in [1.807, 2.05) is 13.0 Å². The molecule has 1 aromatic heterocycles. The summed E-state index contributed by atoms with van der Waals surface area (Å²) in [7, 11) is -3.43. The molecule has 0 atom stereocenters. The number of aryl methyl sites for hydroxylation is 1. The Bertz CT molecular complexity index is 726. The molecule has 0 saturated carbocycles. The van der Waals surface area contributed by atoms with E-state index in [0.717, 1.165) is 11.1 Å². The summed E-state index contributed by atoms with van der Waals surface area (Å²) >= 11 is 0. The van der Waals surface area contributed by atoms with E-state index >= 15 is 0 Å². The highest BCUT2D eigenvalue weighted by Gasteiger charge is 2.16. The number of nitrogens with zero attached hydrogens (tertiary/aromatic N) is 1. The molecule has 0 spiro atoms. The molecule has 0 aliphatic heterocycles. The van der Waals surface area contributed by atoms with Crippen LogP contribution >= 0.6 is 0 Å². The summed E-state index contributed by atoms with van der Waals surface area (Å²) in [6, 6.07) is 10.3. The quantitative estimate of drug-likeness (QED) is 0.882. The molecule has 22 heavy (non-hydrogen) atoms. The van der Waals surface area contributed by atoms with E-state index < -0.39 is 9.84 Å². The van der Waals surface area contributed by atoms with Crippen LogP contribution in [0.1, 0.15) is 17.5 Å². The summed E-state index contributed by atoms with van der Waals surface area (Å²) < 4.78 is 24.3. The number of benzene rings is 1. The molecular weight excluding hydrogens is 300 g/mol. The monoisotopic (exact) mass is 318 g/mol. The van der Waals surface area contributed by atoms with Crippen LogP contribution in [0, 0.1) is 6.92 Å². The van der Waals surface area contributed by atoms with Gasteiger partial charge in [-0.3, -0.25) is 9.78 Å². The molecule has 1 heterocycles. The van der Waals surface area contributed by atoms with E-state index in [1.54, 1.807) is 42.7 Å². The molecule has 5 nitrogen and oxygen atoms in total. The summed E-state index contributed by atoms with van der Waals surface area (Å²) in [5.41, 5.74) is 1.87. The predicted octanol–water partition coefficient (Wildman–Crippen LogP) is 1.87. The van der Waals surface area contributed by atoms with Crippen molar-refractivity contribution < 1.29 is 13.2 Å². The molecule has 6 heteroatoms. The normalized spacial score (nSPS) is 11.1. The third-order valence-electron chi connectivity index (χ3n) is 3.19. The summed E-state index contributed by atoms with van der Waals surface area (Å²) in [6.45, 7) is 2.24. The zero-order valence-electron chi connectivity index (χ0n) is 12.3. The molecule has 0 unspecified atom stereocenters. The lowest BCUT2D eigenvalue weighted by Gasteiger charge is -2.06. The zero-order chi connectivity index (χ0) is 16.0. The van der Waals surface area contributed by atoms with Crippen molar-refractivity contribution in [1.29, 1.82) is 0 Å². The number of carbonyl (C=O) groups is 1. The Morgan fingerprint density at radius 2 is 1.91 bits per heavy atom. The van der Waals surface area contributed by atoms with Gasteiger partial charge >= 0.3 is 0 Å². The average Bonchev–Trinajstić information content (AvgIpc) is 2.52. The highest BCUT2D eigenvalue weighted by atomic mass is 32.2. The van der Waals surface area contributed by atoms with Gasteiger partial charge in [-0.15, -0.1) is 0 Å². The predicted molar refractivity (Wildman–Crippen MR) is 83.9 cm³/mol. The third-order valence-corrected chi connectivity index (χ3v) is 4.92. The van der Waals surface area contributed by atoms with Crippen LogP contribution < -0.4 is 5.32 Å². The van der Waals surface area contributed by atoms with Crippen LogP contribution in [-0.4, -0.2) is 25.1 Å². The number of nitrogens with one attached hydrogen (secondary N) is 1. The minimum absolute atomic E-state index is 0.0591. The Morgan fingerprint density at radius 1 is 1.18 bits per heavy atom. The Morgan fingerprint density at radius 3 is 2.55 bits per heavy atom. The molecule has 2 rings (SSSR count). The summed E-state index contributed by atoms with van der Waals surface area (Å²) in [5, 5.41) is 2.69. The molecule has 1 N–H and O–H groups in total. The first kappa shape index (κ1) is 16.2. The van der Waals surface area contributed by atoms with Crippen molar-refractivity contribution in [1.82, 2.24) is 10.3 Å². The van der Waals surface area contributed by atoms with Crippen molar-refractivity contribution in [2.75, 3.05) is 5.75 Å². The van der Waals surface area contributed by atoms with Gasteiger partial charge in [-0.25, -0.2) is 8.42 Å². The fourth-order valence-corrected chi connectivity index (χ4v) is 3.12. The molecular formula is C16H18N2O3S. The van der Waals surface area contributed by atoms with Gasteiger partial charge in [0, 0.05) is 25.4 Å². The van der Waals surface area contributed by atoms with Gasteiger partial charge < -0.3 is 5.32 Å². The first-order chi connectivity index (χ1) is 10.5. The Kier molecular flexibility index (Phi) is 5.27. The first-order valence-electron chi connectivity index (χ1n) is 6.92. The van der Waals surface area contributed by atoms with Crippen molar-refractivity contribution in [3.63, 3.8) is 0 Å². The molecule has 1 aromatic carbocycles. The fraction of sp³-hybridized carbons (Fsp3) is 0.250. The molecule has 0 radical (unpaired) electrons. The number of aromatic nitrogens is 1. The first-order valence-corrected chi connectivity index (χ1v) is 8.57. The summed E-state index contributed by atoms with van der Waals surface area (Å²) in [5.74, 6) is -0.492. The van der Waals surface area contributed by atoms with E-state index in [0.29, 0.717) is 6.54 Å². The number of sulfone groups is 1. The maximum atomic E-state index is 12.1. The number of hydrogen-bond acceptors (Lipinski definition) is 4. The second-order valence-corrected chi connectivity index (χ2v) is 7.13. The highest BCUT2D eigenvalue weighted by Crippen LogP contribution is 2.13. The van der Waals surface area contributed by atoms with Gasteiger partial charge in [-0.1, -0.05) is 23.8 Å². The topological polar surface area (TPSA) is 76.1 Å². The molecule has 116 valence electrons. The second-order valence-electron chi connectivity index (χ2n) is 5.02. The Hall–Kier alpha value is -2.21. The van der Waals surface area contributed by atoms with Gasteiger partial charge in [0.05, 0.1) is 10.6 Å². The fourth-order valence-electron chi connectivity index (χ4n) is 1.88. The van der Waals surface area contributed by atoms with Gasteiger partial charge in [0.25, 0.3) is 0 Å². The maximum Gasteiger partial charge on any atom is 0.221 e. The second kappa shape index (κ2) is 7.17. The van der Waals surface area contributed by atoms with Crippen molar-refractivity contribution >= 4 is 15.7 Å². The lowest BCUT2D eigenvalue weighted by Crippen LogP contribution is -2.25. The van der Waals surface area contributed by atoms with Crippen LogP contribution in [0.2, 0.25) is 0 Å². The molecule has 0 aliphatic rings.